The minimum atomic E-state index is -0.0129. The van der Waals surface area contributed by atoms with Gasteiger partial charge in [0.1, 0.15) is 0 Å². The second kappa shape index (κ2) is 5.01. The molecule has 0 amide bonds. The van der Waals surface area contributed by atoms with E-state index in [4.69, 9.17) is 0 Å². The standard InChI is InChI=1S/C13H12N2OS/c1-9-3-4-11(7-10(9)2)13(16)6-5-12-8-17-15-14-12/h3-8H,1-2H3/b6-5+. The summed E-state index contributed by atoms with van der Waals surface area (Å²) in [6, 6.07) is 5.70. The maximum atomic E-state index is 11.9. The smallest absolute Gasteiger partial charge is 0.185 e. The summed E-state index contributed by atoms with van der Waals surface area (Å²) in [5, 5.41) is 5.64. The van der Waals surface area contributed by atoms with Crippen LogP contribution in [0.25, 0.3) is 6.08 Å². The van der Waals surface area contributed by atoms with Gasteiger partial charge in [-0.1, -0.05) is 16.6 Å². The van der Waals surface area contributed by atoms with Crippen LogP contribution in [0, 0.1) is 13.8 Å². The molecule has 17 heavy (non-hydrogen) atoms. The van der Waals surface area contributed by atoms with Gasteiger partial charge in [0.2, 0.25) is 0 Å². The fourth-order valence-electron chi connectivity index (χ4n) is 1.40. The van der Waals surface area contributed by atoms with Gasteiger partial charge in [-0.2, -0.15) is 0 Å². The largest absolute Gasteiger partial charge is 0.289 e. The molecule has 3 nitrogen and oxygen atoms in total. The second-order valence-electron chi connectivity index (χ2n) is 3.83. The maximum Gasteiger partial charge on any atom is 0.185 e. The van der Waals surface area contributed by atoms with Gasteiger partial charge >= 0.3 is 0 Å². The van der Waals surface area contributed by atoms with Crippen molar-refractivity contribution in [2.24, 2.45) is 0 Å². The van der Waals surface area contributed by atoms with E-state index in [0.717, 1.165) is 5.56 Å². The number of aryl methyl sites for hydroxylation is 2. The number of carbonyl (C=O) groups is 1. The summed E-state index contributed by atoms with van der Waals surface area (Å²) < 4.78 is 3.73. The highest BCUT2D eigenvalue weighted by Gasteiger charge is 2.03. The third-order valence-corrected chi connectivity index (χ3v) is 3.10. The quantitative estimate of drug-likeness (QED) is 0.615. The molecule has 0 aliphatic rings. The topological polar surface area (TPSA) is 42.9 Å². The van der Waals surface area contributed by atoms with Crippen LogP contribution < -0.4 is 0 Å². The highest BCUT2D eigenvalue weighted by molar-refractivity contribution is 7.03. The summed E-state index contributed by atoms with van der Waals surface area (Å²) in [7, 11) is 0. The van der Waals surface area contributed by atoms with Crippen molar-refractivity contribution in [1.82, 2.24) is 9.59 Å². The Morgan fingerprint density at radius 2 is 2.12 bits per heavy atom. The predicted molar refractivity (Wildman–Crippen MR) is 69.2 cm³/mol. The Kier molecular flexibility index (Phi) is 3.44. The lowest BCUT2D eigenvalue weighted by Gasteiger charge is -2.01. The molecular weight excluding hydrogens is 232 g/mol. The van der Waals surface area contributed by atoms with E-state index in [0.29, 0.717) is 11.3 Å². The van der Waals surface area contributed by atoms with Crippen LogP contribution in [-0.2, 0) is 0 Å². The zero-order chi connectivity index (χ0) is 12.3. The second-order valence-corrected chi connectivity index (χ2v) is 4.44. The molecule has 1 heterocycles. The van der Waals surface area contributed by atoms with Crippen LogP contribution in [-0.4, -0.2) is 15.4 Å². The first kappa shape index (κ1) is 11.7. The number of nitrogens with zero attached hydrogens (tertiary/aromatic N) is 2. The Morgan fingerprint density at radius 3 is 2.76 bits per heavy atom. The van der Waals surface area contributed by atoms with Gasteiger partial charge in [0.15, 0.2) is 5.78 Å². The number of hydrogen-bond acceptors (Lipinski definition) is 4. The molecule has 2 rings (SSSR count). The molecule has 1 aromatic heterocycles. The lowest BCUT2D eigenvalue weighted by atomic mass is 10.0. The summed E-state index contributed by atoms with van der Waals surface area (Å²) in [6.07, 6.45) is 3.21. The maximum absolute atomic E-state index is 11.9. The van der Waals surface area contributed by atoms with Gasteiger partial charge in [0, 0.05) is 10.9 Å². The molecular formula is C13H12N2OS. The van der Waals surface area contributed by atoms with Gasteiger partial charge in [-0.25, -0.2) is 0 Å². The summed E-state index contributed by atoms with van der Waals surface area (Å²) in [5.41, 5.74) is 3.73. The number of aromatic nitrogens is 2. The molecule has 1 aromatic carbocycles. The van der Waals surface area contributed by atoms with E-state index in [1.54, 1.807) is 11.5 Å². The number of carbonyl (C=O) groups excluding carboxylic acids is 1. The van der Waals surface area contributed by atoms with Crippen molar-refractivity contribution in [2.45, 2.75) is 13.8 Å². The predicted octanol–water partition coefficient (Wildman–Crippen LogP) is 3.05. The summed E-state index contributed by atoms with van der Waals surface area (Å²) in [5.74, 6) is -0.0129. The normalized spacial score (nSPS) is 10.9. The Hall–Kier alpha value is -1.81. The van der Waals surface area contributed by atoms with E-state index in [-0.39, 0.29) is 5.78 Å². The Bertz CT molecular complexity index is 559. The van der Waals surface area contributed by atoms with E-state index in [1.807, 2.05) is 32.0 Å². The first-order chi connectivity index (χ1) is 8.16. The third-order valence-electron chi connectivity index (χ3n) is 2.57. The first-order valence-corrected chi connectivity index (χ1v) is 6.07. The van der Waals surface area contributed by atoms with Crippen molar-refractivity contribution >= 4 is 23.4 Å². The van der Waals surface area contributed by atoms with Crippen molar-refractivity contribution in [3.63, 3.8) is 0 Å². The van der Waals surface area contributed by atoms with Gasteiger partial charge in [-0.05, 0) is 54.7 Å². The Morgan fingerprint density at radius 1 is 1.29 bits per heavy atom. The minimum absolute atomic E-state index is 0.0129. The van der Waals surface area contributed by atoms with Crippen LogP contribution in [0.2, 0.25) is 0 Å². The van der Waals surface area contributed by atoms with E-state index in [2.05, 4.69) is 9.59 Å². The van der Waals surface area contributed by atoms with Crippen molar-refractivity contribution in [3.8, 4) is 0 Å². The summed E-state index contributed by atoms with van der Waals surface area (Å²) >= 11 is 1.27. The molecule has 0 unspecified atom stereocenters. The molecule has 2 aromatic rings. The van der Waals surface area contributed by atoms with Gasteiger partial charge in [-0.3, -0.25) is 4.79 Å². The van der Waals surface area contributed by atoms with Crippen molar-refractivity contribution in [3.05, 3.63) is 52.0 Å². The third kappa shape index (κ3) is 2.85. The molecule has 0 spiro atoms. The highest BCUT2D eigenvalue weighted by Crippen LogP contribution is 2.11. The van der Waals surface area contributed by atoms with Crippen LogP contribution in [0.3, 0.4) is 0 Å². The lowest BCUT2D eigenvalue weighted by molar-refractivity contribution is 0.104. The Balaban J connectivity index is 2.17. The number of hydrogen-bond donors (Lipinski definition) is 0. The molecule has 0 atom stereocenters. The first-order valence-electron chi connectivity index (χ1n) is 5.23. The average Bonchev–Trinajstić information content (AvgIpc) is 2.82. The summed E-state index contributed by atoms with van der Waals surface area (Å²) in [4.78, 5) is 11.9. The molecule has 0 N–H and O–H groups in total. The number of benzene rings is 1. The van der Waals surface area contributed by atoms with Gasteiger partial charge in [-0.15, -0.1) is 5.10 Å². The molecule has 0 saturated carbocycles. The fourth-order valence-corrected chi connectivity index (χ4v) is 1.82. The van der Waals surface area contributed by atoms with Crippen LogP contribution in [0.5, 0.6) is 0 Å². The molecule has 0 radical (unpaired) electrons. The SMILES string of the molecule is Cc1ccc(C(=O)/C=C/c2csnn2)cc1C. The molecule has 4 heteroatoms. The van der Waals surface area contributed by atoms with Crippen molar-refractivity contribution in [2.75, 3.05) is 0 Å². The van der Waals surface area contributed by atoms with Crippen LogP contribution in [0.1, 0.15) is 27.2 Å². The zero-order valence-corrected chi connectivity index (χ0v) is 10.5. The monoisotopic (exact) mass is 244 g/mol. The number of rotatable bonds is 3. The van der Waals surface area contributed by atoms with E-state index >= 15 is 0 Å². The fraction of sp³-hybridized carbons (Fsp3) is 0.154. The average molecular weight is 244 g/mol. The molecule has 0 bridgehead atoms. The van der Waals surface area contributed by atoms with Crippen LogP contribution in [0.15, 0.2) is 29.7 Å². The van der Waals surface area contributed by atoms with Gasteiger partial charge < -0.3 is 0 Å². The molecule has 0 aliphatic carbocycles. The van der Waals surface area contributed by atoms with E-state index in [9.17, 15) is 4.79 Å². The van der Waals surface area contributed by atoms with Gasteiger partial charge in [0.05, 0.1) is 5.69 Å². The minimum Gasteiger partial charge on any atom is -0.289 e. The molecule has 86 valence electrons. The Labute approximate surface area is 104 Å². The van der Waals surface area contributed by atoms with Gasteiger partial charge in [0.25, 0.3) is 0 Å². The van der Waals surface area contributed by atoms with E-state index in [1.165, 1.54) is 23.2 Å². The lowest BCUT2D eigenvalue weighted by Crippen LogP contribution is -1.95. The molecule has 0 saturated heterocycles. The van der Waals surface area contributed by atoms with E-state index < -0.39 is 0 Å². The van der Waals surface area contributed by atoms with Crippen molar-refractivity contribution < 1.29 is 4.79 Å². The highest BCUT2D eigenvalue weighted by atomic mass is 32.1. The number of allylic oxidation sites excluding steroid dienone is 1. The molecule has 0 fully saturated rings. The van der Waals surface area contributed by atoms with Crippen LogP contribution >= 0.6 is 11.5 Å². The molecule has 0 aliphatic heterocycles. The summed E-state index contributed by atoms with van der Waals surface area (Å²) in [6.45, 7) is 4.03. The van der Waals surface area contributed by atoms with Crippen molar-refractivity contribution in [1.29, 1.82) is 0 Å². The number of ketones is 1. The zero-order valence-electron chi connectivity index (χ0n) is 9.68. The van der Waals surface area contributed by atoms with Crippen LogP contribution in [0.4, 0.5) is 0 Å².